The van der Waals surface area contributed by atoms with Gasteiger partial charge in [0.15, 0.2) is 0 Å². The predicted octanol–water partition coefficient (Wildman–Crippen LogP) is 3.34. The Hall–Kier alpha value is -1.43. The topological polar surface area (TPSA) is 39.9 Å². The number of hydrogen-bond acceptors (Lipinski definition) is 3. The first-order chi connectivity index (χ1) is 9.15. The van der Waals surface area contributed by atoms with Crippen molar-refractivity contribution < 1.29 is 9.13 Å². The molecule has 102 valence electrons. The van der Waals surface area contributed by atoms with Crippen molar-refractivity contribution in [2.45, 2.75) is 33.4 Å². The van der Waals surface area contributed by atoms with Crippen LogP contribution in [0.4, 0.5) is 4.39 Å². The average Bonchev–Trinajstić information content (AvgIpc) is 2.74. The van der Waals surface area contributed by atoms with Crippen molar-refractivity contribution in [1.29, 1.82) is 0 Å². The molecule has 0 unspecified atom stereocenters. The molecule has 0 aliphatic rings. The smallest absolute Gasteiger partial charge is 0.213 e. The van der Waals surface area contributed by atoms with Crippen LogP contribution in [0.15, 0.2) is 22.8 Å². The first-order valence-corrected chi connectivity index (χ1v) is 6.93. The molecule has 0 bridgehead atoms. The van der Waals surface area contributed by atoms with Crippen LogP contribution in [0.1, 0.15) is 25.2 Å². The van der Waals surface area contributed by atoms with E-state index in [0.29, 0.717) is 12.4 Å². The van der Waals surface area contributed by atoms with E-state index in [1.54, 1.807) is 6.07 Å². The Balaban J connectivity index is 2.14. The third-order valence-electron chi connectivity index (χ3n) is 2.77. The van der Waals surface area contributed by atoms with Gasteiger partial charge in [-0.2, -0.15) is 9.49 Å². The van der Waals surface area contributed by atoms with Crippen LogP contribution in [0.3, 0.4) is 0 Å². The molecule has 0 amide bonds. The molecule has 0 saturated carbocycles. The number of hydrogen-bond donors (Lipinski definition) is 0. The summed E-state index contributed by atoms with van der Waals surface area (Å²) in [5.41, 5.74) is 1.99. The van der Waals surface area contributed by atoms with Gasteiger partial charge in [-0.3, -0.25) is 4.68 Å². The maximum absolute atomic E-state index is 12.7. The Morgan fingerprint density at radius 1 is 1.37 bits per heavy atom. The van der Waals surface area contributed by atoms with E-state index in [0.717, 1.165) is 28.8 Å². The van der Waals surface area contributed by atoms with E-state index in [-0.39, 0.29) is 0 Å². The zero-order valence-corrected chi connectivity index (χ0v) is 12.4. The maximum Gasteiger partial charge on any atom is 0.213 e. The first-order valence-electron chi connectivity index (χ1n) is 6.14. The molecule has 0 aliphatic carbocycles. The fraction of sp³-hybridized carbons (Fsp3) is 0.385. The van der Waals surface area contributed by atoms with Gasteiger partial charge >= 0.3 is 0 Å². The van der Waals surface area contributed by atoms with Crippen molar-refractivity contribution >= 4 is 15.9 Å². The number of aryl methyl sites for hydroxylation is 2. The van der Waals surface area contributed by atoms with Crippen molar-refractivity contribution in [1.82, 2.24) is 14.8 Å². The zero-order chi connectivity index (χ0) is 13.8. The highest BCUT2D eigenvalue weighted by Crippen LogP contribution is 2.23. The van der Waals surface area contributed by atoms with Crippen molar-refractivity contribution in [3.05, 3.63) is 40.1 Å². The second-order valence-electron chi connectivity index (χ2n) is 3.98. The molecule has 2 aromatic rings. The van der Waals surface area contributed by atoms with E-state index in [9.17, 15) is 4.39 Å². The number of ether oxygens (including phenoxy) is 1. The van der Waals surface area contributed by atoms with Crippen LogP contribution in [0.5, 0.6) is 5.75 Å². The van der Waals surface area contributed by atoms with Gasteiger partial charge in [0, 0.05) is 6.54 Å². The lowest BCUT2D eigenvalue weighted by molar-refractivity contribution is 0.289. The highest BCUT2D eigenvalue weighted by atomic mass is 79.9. The lowest BCUT2D eigenvalue weighted by atomic mass is 10.3. The SMILES string of the molecule is CCc1nn(CC)c(COc2ccc(F)nc2)c1Br. The van der Waals surface area contributed by atoms with Crippen LogP contribution in [-0.2, 0) is 19.6 Å². The summed E-state index contributed by atoms with van der Waals surface area (Å²) in [5, 5.41) is 4.49. The van der Waals surface area contributed by atoms with E-state index in [2.05, 4.69) is 32.9 Å². The highest BCUT2D eigenvalue weighted by molar-refractivity contribution is 9.10. The van der Waals surface area contributed by atoms with Gasteiger partial charge in [0.25, 0.3) is 0 Å². The summed E-state index contributed by atoms with van der Waals surface area (Å²) in [6, 6.07) is 2.84. The molecule has 0 spiro atoms. The Bertz CT molecular complexity index is 554. The third-order valence-corrected chi connectivity index (χ3v) is 3.69. The molecule has 19 heavy (non-hydrogen) atoms. The molecule has 6 heteroatoms. The molecule has 0 saturated heterocycles. The summed E-state index contributed by atoms with van der Waals surface area (Å²) in [5.74, 6) is 0.0237. The van der Waals surface area contributed by atoms with E-state index >= 15 is 0 Å². The number of halogens is 2. The molecular formula is C13H15BrFN3O. The number of nitrogens with zero attached hydrogens (tertiary/aromatic N) is 3. The van der Waals surface area contributed by atoms with Crippen LogP contribution in [0.25, 0.3) is 0 Å². The third kappa shape index (κ3) is 3.12. The summed E-state index contributed by atoms with van der Waals surface area (Å²) in [6.07, 6.45) is 2.23. The van der Waals surface area contributed by atoms with Crippen molar-refractivity contribution in [3.8, 4) is 5.75 Å². The van der Waals surface area contributed by atoms with Gasteiger partial charge in [-0.05, 0) is 41.4 Å². The fourth-order valence-corrected chi connectivity index (χ4v) is 2.43. The van der Waals surface area contributed by atoms with Crippen molar-refractivity contribution in [2.75, 3.05) is 0 Å². The second-order valence-corrected chi connectivity index (χ2v) is 4.77. The van der Waals surface area contributed by atoms with Crippen LogP contribution in [-0.4, -0.2) is 14.8 Å². The summed E-state index contributed by atoms with van der Waals surface area (Å²) < 4.78 is 21.2. The van der Waals surface area contributed by atoms with Crippen LogP contribution in [0, 0.1) is 5.95 Å². The maximum atomic E-state index is 12.7. The molecular weight excluding hydrogens is 313 g/mol. The van der Waals surface area contributed by atoms with Gasteiger partial charge < -0.3 is 4.74 Å². The summed E-state index contributed by atoms with van der Waals surface area (Å²) in [7, 11) is 0. The van der Waals surface area contributed by atoms with E-state index in [4.69, 9.17) is 4.74 Å². The van der Waals surface area contributed by atoms with Crippen LogP contribution in [0.2, 0.25) is 0 Å². The van der Waals surface area contributed by atoms with Gasteiger partial charge in [-0.25, -0.2) is 4.98 Å². The highest BCUT2D eigenvalue weighted by Gasteiger charge is 2.14. The summed E-state index contributed by atoms with van der Waals surface area (Å²) >= 11 is 3.55. The molecule has 0 fully saturated rings. The lowest BCUT2D eigenvalue weighted by Crippen LogP contribution is -2.06. The van der Waals surface area contributed by atoms with Gasteiger partial charge in [-0.15, -0.1) is 0 Å². The molecule has 2 rings (SSSR count). The Morgan fingerprint density at radius 2 is 2.16 bits per heavy atom. The molecule has 0 aromatic carbocycles. The fourth-order valence-electron chi connectivity index (χ4n) is 1.75. The van der Waals surface area contributed by atoms with Crippen LogP contribution >= 0.6 is 15.9 Å². The summed E-state index contributed by atoms with van der Waals surface area (Å²) in [6.45, 7) is 5.23. The average molecular weight is 328 g/mol. The number of pyridine rings is 1. The molecule has 0 N–H and O–H groups in total. The van der Waals surface area contributed by atoms with E-state index < -0.39 is 5.95 Å². The second kappa shape index (κ2) is 6.14. The number of rotatable bonds is 5. The molecule has 0 atom stereocenters. The zero-order valence-electron chi connectivity index (χ0n) is 10.9. The number of aromatic nitrogens is 3. The van der Waals surface area contributed by atoms with E-state index in [1.165, 1.54) is 12.3 Å². The van der Waals surface area contributed by atoms with Gasteiger partial charge in [0.05, 0.1) is 22.1 Å². The minimum Gasteiger partial charge on any atom is -0.486 e. The van der Waals surface area contributed by atoms with Gasteiger partial charge in [0.1, 0.15) is 12.4 Å². The molecule has 2 heterocycles. The normalized spacial score (nSPS) is 10.7. The minimum atomic E-state index is -0.514. The van der Waals surface area contributed by atoms with E-state index in [1.807, 2.05) is 11.6 Å². The minimum absolute atomic E-state index is 0.370. The van der Waals surface area contributed by atoms with Gasteiger partial charge in [-0.1, -0.05) is 6.92 Å². The van der Waals surface area contributed by atoms with Gasteiger partial charge in [0.2, 0.25) is 5.95 Å². The molecule has 0 aliphatic heterocycles. The standard InChI is InChI=1S/C13H15BrFN3O/c1-3-10-13(14)11(18(4-2)17-10)8-19-9-5-6-12(15)16-7-9/h5-7H,3-4,8H2,1-2H3. The van der Waals surface area contributed by atoms with Crippen molar-refractivity contribution in [3.63, 3.8) is 0 Å². The molecule has 4 nitrogen and oxygen atoms in total. The van der Waals surface area contributed by atoms with Crippen molar-refractivity contribution in [2.24, 2.45) is 0 Å². The first kappa shape index (κ1) is 14.0. The Labute approximate surface area is 119 Å². The lowest BCUT2D eigenvalue weighted by Gasteiger charge is -2.08. The largest absolute Gasteiger partial charge is 0.486 e. The molecule has 2 aromatic heterocycles. The predicted molar refractivity (Wildman–Crippen MR) is 73.5 cm³/mol. The Kier molecular flexibility index (Phi) is 4.52. The summed E-state index contributed by atoms with van der Waals surface area (Å²) in [4.78, 5) is 3.55. The van der Waals surface area contributed by atoms with Crippen LogP contribution < -0.4 is 4.74 Å². The molecule has 0 radical (unpaired) electrons. The monoisotopic (exact) mass is 327 g/mol. The Morgan fingerprint density at radius 3 is 2.74 bits per heavy atom. The quantitative estimate of drug-likeness (QED) is 0.791.